The third kappa shape index (κ3) is 3.02. The summed E-state index contributed by atoms with van der Waals surface area (Å²) in [6.45, 7) is 9.65. The highest BCUT2D eigenvalue weighted by Crippen LogP contribution is 2.40. The maximum Gasteiger partial charge on any atom is 0.146 e. The molecule has 140 valence electrons. The Kier molecular flexibility index (Phi) is 4.34. The number of benzene rings is 1. The number of rotatable bonds is 3. The molecule has 0 unspecified atom stereocenters. The van der Waals surface area contributed by atoms with E-state index in [1.807, 2.05) is 0 Å². The number of ether oxygens (including phenoxy) is 1. The van der Waals surface area contributed by atoms with Crippen LogP contribution in [0, 0.1) is 13.8 Å². The van der Waals surface area contributed by atoms with Crippen molar-refractivity contribution < 1.29 is 4.74 Å². The summed E-state index contributed by atoms with van der Waals surface area (Å²) in [5.41, 5.74) is 4.01. The average Bonchev–Trinajstić information content (AvgIpc) is 3.23. The van der Waals surface area contributed by atoms with Gasteiger partial charge in [-0.05, 0) is 37.5 Å². The molecule has 2 aliphatic heterocycles. The molecule has 3 aromatic rings. The fourth-order valence-corrected chi connectivity index (χ4v) is 5.10. The van der Waals surface area contributed by atoms with Crippen molar-refractivity contribution in [3.8, 4) is 0 Å². The van der Waals surface area contributed by atoms with E-state index in [1.54, 1.807) is 11.3 Å². The van der Waals surface area contributed by atoms with Gasteiger partial charge in [0, 0.05) is 30.2 Å². The van der Waals surface area contributed by atoms with E-state index in [2.05, 4.69) is 47.9 Å². The number of para-hydroxylation sites is 1. The normalized spacial score (nSPS) is 17.6. The van der Waals surface area contributed by atoms with Gasteiger partial charge < -0.3 is 9.64 Å². The Morgan fingerprint density at radius 1 is 1.07 bits per heavy atom. The van der Waals surface area contributed by atoms with Crippen LogP contribution in [-0.4, -0.2) is 47.7 Å². The van der Waals surface area contributed by atoms with E-state index in [1.165, 1.54) is 27.1 Å². The number of hydrogen-bond donors (Lipinski definition) is 0. The Labute approximate surface area is 163 Å². The molecule has 1 fully saturated rings. The summed E-state index contributed by atoms with van der Waals surface area (Å²) in [5, 5.41) is 1.22. The first-order valence-electron chi connectivity index (χ1n) is 9.63. The van der Waals surface area contributed by atoms with Gasteiger partial charge >= 0.3 is 0 Å². The van der Waals surface area contributed by atoms with Crippen LogP contribution in [-0.2, 0) is 17.7 Å². The fraction of sp³-hybridized carbons (Fsp3) is 0.429. The molecule has 0 spiro atoms. The van der Waals surface area contributed by atoms with Crippen LogP contribution in [0.5, 0.6) is 0 Å². The highest BCUT2D eigenvalue weighted by atomic mass is 32.1. The second kappa shape index (κ2) is 6.86. The second-order valence-corrected chi connectivity index (χ2v) is 8.55. The van der Waals surface area contributed by atoms with E-state index in [9.17, 15) is 0 Å². The van der Waals surface area contributed by atoms with Crippen molar-refractivity contribution in [1.29, 1.82) is 0 Å². The van der Waals surface area contributed by atoms with Crippen LogP contribution in [0.3, 0.4) is 0 Å². The van der Waals surface area contributed by atoms with Crippen molar-refractivity contribution in [3.05, 3.63) is 46.1 Å². The lowest BCUT2D eigenvalue weighted by molar-refractivity contribution is 0.0331. The van der Waals surface area contributed by atoms with Gasteiger partial charge in [-0.2, -0.15) is 0 Å². The first kappa shape index (κ1) is 17.1. The molecule has 2 aliphatic rings. The summed E-state index contributed by atoms with van der Waals surface area (Å²) in [6, 6.07) is 8.69. The zero-order valence-corrected chi connectivity index (χ0v) is 16.7. The van der Waals surface area contributed by atoms with E-state index >= 15 is 0 Å². The van der Waals surface area contributed by atoms with Gasteiger partial charge in [0.1, 0.15) is 16.5 Å². The summed E-state index contributed by atoms with van der Waals surface area (Å²) in [4.78, 5) is 17.2. The molecule has 0 bridgehead atoms. The number of nitrogens with zero attached hydrogens (tertiary/aromatic N) is 4. The summed E-state index contributed by atoms with van der Waals surface area (Å²) in [5.74, 6) is 2.00. The van der Waals surface area contributed by atoms with E-state index in [-0.39, 0.29) is 0 Å². The van der Waals surface area contributed by atoms with Crippen LogP contribution in [0.15, 0.2) is 24.3 Å². The molecule has 5 nitrogen and oxygen atoms in total. The Morgan fingerprint density at radius 2 is 1.89 bits per heavy atom. The molecule has 1 aromatic carbocycles. The summed E-state index contributed by atoms with van der Waals surface area (Å²) in [6.07, 6.45) is 1.07. The Bertz CT molecular complexity index is 993. The summed E-state index contributed by atoms with van der Waals surface area (Å²) in [7, 11) is 0. The van der Waals surface area contributed by atoms with Gasteiger partial charge in [-0.25, -0.2) is 9.97 Å². The van der Waals surface area contributed by atoms with Crippen molar-refractivity contribution in [2.45, 2.75) is 26.8 Å². The standard InChI is InChI=1S/C21H24N4OS/c1-14-15(2)27-21-19(14)20(25-8-7-16-5-3-4-6-17(16)25)22-18(23-21)13-24-9-11-26-12-10-24/h3-6H,7-13H2,1-2H3. The maximum atomic E-state index is 5.48. The molecule has 0 amide bonds. The lowest BCUT2D eigenvalue weighted by Crippen LogP contribution is -2.36. The second-order valence-electron chi connectivity index (χ2n) is 7.35. The van der Waals surface area contributed by atoms with E-state index < -0.39 is 0 Å². The molecule has 0 atom stereocenters. The van der Waals surface area contributed by atoms with Gasteiger partial charge in [0.2, 0.25) is 0 Å². The number of hydrogen-bond acceptors (Lipinski definition) is 6. The summed E-state index contributed by atoms with van der Waals surface area (Å²) >= 11 is 1.79. The predicted molar refractivity (Wildman–Crippen MR) is 110 cm³/mol. The molecule has 2 aromatic heterocycles. The van der Waals surface area contributed by atoms with E-state index in [0.717, 1.165) is 62.3 Å². The van der Waals surface area contributed by atoms with Crippen LogP contribution in [0.25, 0.3) is 10.2 Å². The van der Waals surface area contributed by atoms with Gasteiger partial charge in [0.05, 0.1) is 25.1 Å². The van der Waals surface area contributed by atoms with Gasteiger partial charge in [-0.15, -0.1) is 11.3 Å². The molecule has 6 heteroatoms. The third-order valence-electron chi connectivity index (χ3n) is 5.67. The molecule has 0 aliphatic carbocycles. The molecule has 1 saturated heterocycles. The molecule has 0 N–H and O–H groups in total. The zero-order valence-electron chi connectivity index (χ0n) is 15.9. The minimum absolute atomic E-state index is 0.789. The van der Waals surface area contributed by atoms with Crippen LogP contribution in [0.1, 0.15) is 21.8 Å². The molecular formula is C21H24N4OS. The minimum atomic E-state index is 0.789. The molecular weight excluding hydrogens is 356 g/mol. The minimum Gasteiger partial charge on any atom is -0.379 e. The monoisotopic (exact) mass is 380 g/mol. The zero-order chi connectivity index (χ0) is 18.4. The molecule has 0 radical (unpaired) electrons. The van der Waals surface area contributed by atoms with Gasteiger partial charge in [-0.1, -0.05) is 18.2 Å². The summed E-state index contributed by atoms with van der Waals surface area (Å²) < 4.78 is 5.48. The fourth-order valence-electron chi connectivity index (χ4n) is 4.06. The first-order chi connectivity index (χ1) is 13.2. The average molecular weight is 381 g/mol. The van der Waals surface area contributed by atoms with Crippen molar-refractivity contribution in [1.82, 2.24) is 14.9 Å². The predicted octanol–water partition coefficient (Wildman–Crippen LogP) is 3.83. The third-order valence-corrected chi connectivity index (χ3v) is 6.77. The van der Waals surface area contributed by atoms with Crippen LogP contribution in [0.2, 0.25) is 0 Å². The number of anilines is 2. The number of aromatic nitrogens is 2. The number of fused-ring (bicyclic) bond motifs is 2. The molecule has 4 heterocycles. The van der Waals surface area contributed by atoms with Gasteiger partial charge in [-0.3, -0.25) is 4.90 Å². The van der Waals surface area contributed by atoms with Crippen LogP contribution in [0.4, 0.5) is 11.5 Å². The Morgan fingerprint density at radius 3 is 2.74 bits per heavy atom. The number of morpholine rings is 1. The highest BCUT2D eigenvalue weighted by molar-refractivity contribution is 7.18. The van der Waals surface area contributed by atoms with Crippen LogP contribution >= 0.6 is 11.3 Å². The largest absolute Gasteiger partial charge is 0.379 e. The topological polar surface area (TPSA) is 41.5 Å². The quantitative estimate of drug-likeness (QED) is 0.691. The van der Waals surface area contributed by atoms with E-state index in [4.69, 9.17) is 14.7 Å². The smallest absolute Gasteiger partial charge is 0.146 e. The molecule has 5 rings (SSSR count). The van der Waals surface area contributed by atoms with Gasteiger partial charge in [0.25, 0.3) is 0 Å². The molecule has 0 saturated carbocycles. The Balaban J connectivity index is 1.61. The maximum absolute atomic E-state index is 5.48. The van der Waals surface area contributed by atoms with E-state index in [0.29, 0.717) is 0 Å². The lowest BCUT2D eigenvalue weighted by atomic mass is 10.1. The van der Waals surface area contributed by atoms with Crippen molar-refractivity contribution in [2.24, 2.45) is 0 Å². The van der Waals surface area contributed by atoms with Crippen molar-refractivity contribution in [2.75, 3.05) is 37.7 Å². The van der Waals surface area contributed by atoms with Crippen molar-refractivity contribution in [3.63, 3.8) is 0 Å². The lowest BCUT2D eigenvalue weighted by Gasteiger charge is -2.26. The number of aryl methyl sites for hydroxylation is 2. The van der Waals surface area contributed by atoms with Crippen molar-refractivity contribution >= 4 is 33.1 Å². The van der Waals surface area contributed by atoms with Gasteiger partial charge in [0.15, 0.2) is 0 Å². The highest BCUT2D eigenvalue weighted by Gasteiger charge is 2.26. The SMILES string of the molecule is Cc1sc2nc(CN3CCOCC3)nc(N3CCc4ccccc43)c2c1C. The van der Waals surface area contributed by atoms with Crippen LogP contribution < -0.4 is 4.90 Å². The Hall–Kier alpha value is -2.02. The first-order valence-corrected chi connectivity index (χ1v) is 10.4. The number of thiophene rings is 1. The molecule has 27 heavy (non-hydrogen) atoms.